The Morgan fingerprint density at radius 2 is 1.96 bits per heavy atom. The van der Waals surface area contributed by atoms with Gasteiger partial charge in [0.2, 0.25) is 5.91 Å². The zero-order chi connectivity index (χ0) is 16.5. The lowest BCUT2D eigenvalue weighted by Crippen LogP contribution is -2.12. The molecule has 0 radical (unpaired) electrons. The highest BCUT2D eigenvalue weighted by molar-refractivity contribution is 7.99. The van der Waals surface area contributed by atoms with Gasteiger partial charge in [0, 0.05) is 17.9 Å². The van der Waals surface area contributed by atoms with Crippen molar-refractivity contribution < 1.29 is 9.53 Å². The van der Waals surface area contributed by atoms with Crippen LogP contribution in [0.4, 0.5) is 5.69 Å². The number of nitrogens with zero attached hydrogens (tertiary/aromatic N) is 1. The monoisotopic (exact) mass is 326 g/mol. The maximum atomic E-state index is 11.8. The van der Waals surface area contributed by atoms with E-state index in [2.05, 4.69) is 18.3 Å². The molecule has 0 spiro atoms. The first-order valence-electron chi connectivity index (χ1n) is 7.37. The fraction of sp³-hybridized carbons (Fsp3) is 0.222. The Kier molecular flexibility index (Phi) is 6.52. The molecule has 23 heavy (non-hydrogen) atoms. The van der Waals surface area contributed by atoms with E-state index in [9.17, 15) is 4.79 Å². The molecule has 0 unspecified atom stereocenters. The summed E-state index contributed by atoms with van der Waals surface area (Å²) in [5, 5.41) is 11.9. The summed E-state index contributed by atoms with van der Waals surface area (Å²) in [7, 11) is 0. The first kappa shape index (κ1) is 16.9. The molecular weight excluding hydrogens is 308 g/mol. The SMILES string of the molecule is CCSCCC(=O)Nc1ccc(Oc2ccccc2C#N)cc1. The van der Waals surface area contributed by atoms with Gasteiger partial charge in [-0.25, -0.2) is 0 Å². The van der Waals surface area contributed by atoms with E-state index in [1.54, 1.807) is 54.2 Å². The lowest BCUT2D eigenvalue weighted by atomic mass is 10.2. The molecule has 0 aliphatic heterocycles. The number of carbonyl (C=O) groups excluding carboxylic acids is 1. The van der Waals surface area contributed by atoms with Crippen LogP contribution in [-0.4, -0.2) is 17.4 Å². The van der Waals surface area contributed by atoms with Crippen molar-refractivity contribution in [3.05, 3.63) is 54.1 Å². The average Bonchev–Trinajstić information content (AvgIpc) is 2.57. The molecule has 2 rings (SSSR count). The smallest absolute Gasteiger partial charge is 0.225 e. The summed E-state index contributed by atoms with van der Waals surface area (Å²) < 4.78 is 5.70. The Balaban J connectivity index is 1.94. The highest BCUT2D eigenvalue weighted by atomic mass is 32.2. The first-order valence-corrected chi connectivity index (χ1v) is 8.53. The number of carbonyl (C=O) groups is 1. The molecule has 118 valence electrons. The van der Waals surface area contributed by atoms with E-state index in [1.807, 2.05) is 6.07 Å². The molecule has 0 aliphatic rings. The molecule has 0 aromatic heterocycles. The van der Waals surface area contributed by atoms with E-state index in [0.29, 0.717) is 23.5 Å². The quantitative estimate of drug-likeness (QED) is 0.764. The molecule has 5 heteroatoms. The summed E-state index contributed by atoms with van der Waals surface area (Å²) in [6.07, 6.45) is 0.506. The van der Waals surface area contributed by atoms with Crippen LogP contribution in [0.1, 0.15) is 18.9 Å². The summed E-state index contributed by atoms with van der Waals surface area (Å²) in [5.74, 6) is 2.99. The third-order valence-corrected chi connectivity index (χ3v) is 3.95. The van der Waals surface area contributed by atoms with Gasteiger partial charge in [-0.05, 0) is 42.2 Å². The van der Waals surface area contributed by atoms with Crippen molar-refractivity contribution in [1.29, 1.82) is 5.26 Å². The van der Waals surface area contributed by atoms with Crippen LogP contribution in [0.15, 0.2) is 48.5 Å². The Hall–Kier alpha value is -2.45. The van der Waals surface area contributed by atoms with E-state index in [1.165, 1.54) is 0 Å². The molecule has 0 heterocycles. The van der Waals surface area contributed by atoms with Gasteiger partial charge in [-0.3, -0.25) is 4.79 Å². The summed E-state index contributed by atoms with van der Waals surface area (Å²) in [6.45, 7) is 2.08. The maximum Gasteiger partial charge on any atom is 0.225 e. The van der Waals surface area contributed by atoms with Gasteiger partial charge in [0.05, 0.1) is 5.56 Å². The number of hydrogen-bond acceptors (Lipinski definition) is 4. The summed E-state index contributed by atoms with van der Waals surface area (Å²) in [4.78, 5) is 11.8. The molecule has 0 atom stereocenters. The number of nitriles is 1. The zero-order valence-corrected chi connectivity index (χ0v) is 13.7. The van der Waals surface area contributed by atoms with Crippen LogP contribution in [0.3, 0.4) is 0 Å². The highest BCUT2D eigenvalue weighted by Gasteiger charge is 2.05. The Morgan fingerprint density at radius 3 is 2.65 bits per heavy atom. The lowest BCUT2D eigenvalue weighted by Gasteiger charge is -2.09. The van der Waals surface area contributed by atoms with Gasteiger partial charge in [0.25, 0.3) is 0 Å². The van der Waals surface area contributed by atoms with Crippen molar-refractivity contribution in [2.45, 2.75) is 13.3 Å². The molecule has 2 aromatic carbocycles. The summed E-state index contributed by atoms with van der Waals surface area (Å²) in [5.41, 5.74) is 1.22. The minimum absolute atomic E-state index is 0.00874. The van der Waals surface area contributed by atoms with Crippen LogP contribution < -0.4 is 10.1 Å². The van der Waals surface area contributed by atoms with E-state index in [0.717, 1.165) is 17.2 Å². The number of para-hydroxylation sites is 1. The average molecular weight is 326 g/mol. The number of hydrogen-bond donors (Lipinski definition) is 1. The minimum atomic E-state index is 0.00874. The predicted octanol–water partition coefficient (Wildman–Crippen LogP) is 4.43. The first-order chi connectivity index (χ1) is 11.2. The molecule has 4 nitrogen and oxygen atoms in total. The second-order valence-electron chi connectivity index (χ2n) is 4.73. The van der Waals surface area contributed by atoms with Crippen molar-refractivity contribution in [3.63, 3.8) is 0 Å². The Bertz CT molecular complexity index is 693. The molecular formula is C18H18N2O2S. The zero-order valence-electron chi connectivity index (χ0n) is 12.9. The van der Waals surface area contributed by atoms with Gasteiger partial charge in [-0.15, -0.1) is 0 Å². The molecule has 0 aliphatic carbocycles. The van der Waals surface area contributed by atoms with E-state index in [-0.39, 0.29) is 5.91 Å². The topological polar surface area (TPSA) is 62.1 Å². The van der Waals surface area contributed by atoms with Crippen LogP contribution in [0.5, 0.6) is 11.5 Å². The number of thioether (sulfide) groups is 1. The van der Waals surface area contributed by atoms with Crippen molar-refractivity contribution in [2.75, 3.05) is 16.8 Å². The number of ether oxygens (including phenoxy) is 1. The molecule has 0 bridgehead atoms. The molecule has 1 amide bonds. The van der Waals surface area contributed by atoms with Crippen LogP contribution >= 0.6 is 11.8 Å². The minimum Gasteiger partial charge on any atom is -0.456 e. The van der Waals surface area contributed by atoms with Gasteiger partial charge >= 0.3 is 0 Å². The highest BCUT2D eigenvalue weighted by Crippen LogP contribution is 2.25. The van der Waals surface area contributed by atoms with Crippen molar-refractivity contribution in [1.82, 2.24) is 0 Å². The van der Waals surface area contributed by atoms with Crippen LogP contribution in [-0.2, 0) is 4.79 Å². The molecule has 0 saturated carbocycles. The van der Waals surface area contributed by atoms with Gasteiger partial charge in [0.1, 0.15) is 17.6 Å². The largest absolute Gasteiger partial charge is 0.456 e. The number of benzene rings is 2. The standard InChI is InChI=1S/C18H18N2O2S/c1-2-23-12-11-18(21)20-15-7-9-16(10-8-15)22-17-6-4-3-5-14(17)13-19/h3-10H,2,11-12H2,1H3,(H,20,21). The summed E-state index contributed by atoms with van der Waals surface area (Å²) >= 11 is 1.75. The third-order valence-electron chi connectivity index (χ3n) is 3.05. The maximum absolute atomic E-state index is 11.8. The van der Waals surface area contributed by atoms with Crippen molar-refractivity contribution in [2.24, 2.45) is 0 Å². The predicted molar refractivity (Wildman–Crippen MR) is 93.9 cm³/mol. The molecule has 0 saturated heterocycles. The third kappa shape index (κ3) is 5.35. The van der Waals surface area contributed by atoms with E-state index < -0.39 is 0 Å². The fourth-order valence-electron chi connectivity index (χ4n) is 1.91. The second kappa shape index (κ2) is 8.86. The van der Waals surface area contributed by atoms with Gasteiger partial charge in [-0.2, -0.15) is 17.0 Å². The van der Waals surface area contributed by atoms with Crippen molar-refractivity contribution >= 4 is 23.4 Å². The van der Waals surface area contributed by atoms with E-state index >= 15 is 0 Å². The molecule has 0 fully saturated rings. The van der Waals surface area contributed by atoms with E-state index in [4.69, 9.17) is 10.00 Å². The number of amides is 1. The van der Waals surface area contributed by atoms with Gasteiger partial charge in [-0.1, -0.05) is 19.1 Å². The Labute approximate surface area is 140 Å². The molecule has 2 aromatic rings. The van der Waals surface area contributed by atoms with Crippen LogP contribution in [0.2, 0.25) is 0 Å². The number of nitrogens with one attached hydrogen (secondary N) is 1. The molecule has 1 N–H and O–H groups in total. The van der Waals surface area contributed by atoms with Crippen molar-refractivity contribution in [3.8, 4) is 17.6 Å². The van der Waals surface area contributed by atoms with Crippen LogP contribution in [0, 0.1) is 11.3 Å². The van der Waals surface area contributed by atoms with Gasteiger partial charge < -0.3 is 10.1 Å². The van der Waals surface area contributed by atoms with Crippen LogP contribution in [0.25, 0.3) is 0 Å². The second-order valence-corrected chi connectivity index (χ2v) is 6.12. The Morgan fingerprint density at radius 1 is 1.22 bits per heavy atom. The number of rotatable bonds is 7. The summed E-state index contributed by atoms with van der Waals surface area (Å²) in [6, 6.07) is 16.3. The number of anilines is 1. The normalized spacial score (nSPS) is 9.91. The lowest BCUT2D eigenvalue weighted by molar-refractivity contribution is -0.115. The fourth-order valence-corrected chi connectivity index (χ4v) is 2.53. The van der Waals surface area contributed by atoms with Gasteiger partial charge in [0.15, 0.2) is 0 Å².